The van der Waals surface area contributed by atoms with Crippen molar-refractivity contribution in [2.24, 2.45) is 0 Å². The Morgan fingerprint density at radius 1 is 1.11 bits per heavy atom. The number of amides is 1. The van der Waals surface area contributed by atoms with Gasteiger partial charge in [0.25, 0.3) is 5.91 Å². The molecule has 1 amide bonds. The van der Waals surface area contributed by atoms with E-state index in [0.29, 0.717) is 22.6 Å². The Morgan fingerprint density at radius 2 is 1.81 bits per heavy atom. The number of carbonyl (C=O) groups excluding carboxylic acids is 1. The first-order valence-electron chi connectivity index (χ1n) is 8.29. The van der Waals surface area contributed by atoms with Crippen LogP contribution in [0.1, 0.15) is 27.2 Å². The number of nitrogens with zero attached hydrogens (tertiary/aromatic N) is 2. The molecule has 0 radical (unpaired) electrons. The van der Waals surface area contributed by atoms with E-state index in [0.717, 1.165) is 14.8 Å². The molecule has 0 bridgehead atoms. The second-order valence-electron chi connectivity index (χ2n) is 6.44. The summed E-state index contributed by atoms with van der Waals surface area (Å²) in [7, 11) is -3.23. The molecule has 138 valence electrons. The van der Waals surface area contributed by atoms with E-state index in [1.165, 1.54) is 0 Å². The summed E-state index contributed by atoms with van der Waals surface area (Å²) in [5, 5.41) is 7.41. The van der Waals surface area contributed by atoms with Gasteiger partial charge < -0.3 is 5.32 Å². The van der Waals surface area contributed by atoms with Crippen molar-refractivity contribution in [1.82, 2.24) is 9.78 Å². The van der Waals surface area contributed by atoms with Crippen LogP contribution in [0.3, 0.4) is 0 Å². The van der Waals surface area contributed by atoms with E-state index in [1.54, 1.807) is 16.8 Å². The Labute approximate surface area is 170 Å². The molecule has 1 N–H and O–H groups in total. The molecule has 2 heterocycles. The molecule has 6 nitrogen and oxygen atoms in total. The van der Waals surface area contributed by atoms with Crippen molar-refractivity contribution in [3.63, 3.8) is 0 Å². The van der Waals surface area contributed by atoms with Gasteiger partial charge in [0, 0.05) is 9.13 Å². The van der Waals surface area contributed by atoms with Crippen molar-refractivity contribution in [3.8, 4) is 5.69 Å². The van der Waals surface area contributed by atoms with Gasteiger partial charge in [-0.15, -0.1) is 0 Å². The van der Waals surface area contributed by atoms with Crippen molar-refractivity contribution < 1.29 is 13.2 Å². The molecule has 2 aromatic carbocycles. The average molecular weight is 493 g/mol. The number of rotatable bonds is 3. The highest BCUT2D eigenvalue weighted by Crippen LogP contribution is 2.34. The van der Waals surface area contributed by atoms with Gasteiger partial charge in [-0.3, -0.25) is 4.79 Å². The van der Waals surface area contributed by atoms with Crippen LogP contribution >= 0.6 is 22.6 Å². The molecule has 0 unspecified atom stereocenters. The number of para-hydroxylation sites is 1. The Morgan fingerprint density at radius 3 is 2.56 bits per heavy atom. The molecule has 1 aromatic heterocycles. The van der Waals surface area contributed by atoms with Gasteiger partial charge in [0.1, 0.15) is 5.82 Å². The molecule has 1 aliphatic rings. The van der Waals surface area contributed by atoms with Crippen LogP contribution in [0.15, 0.2) is 48.5 Å². The molecule has 3 aromatic rings. The molecule has 0 atom stereocenters. The maximum atomic E-state index is 12.9. The summed E-state index contributed by atoms with van der Waals surface area (Å²) < 4.78 is 26.6. The van der Waals surface area contributed by atoms with Gasteiger partial charge in [0.15, 0.2) is 9.84 Å². The fourth-order valence-corrected chi connectivity index (χ4v) is 5.29. The molecule has 0 saturated heterocycles. The van der Waals surface area contributed by atoms with Gasteiger partial charge in [-0.05, 0) is 53.3 Å². The smallest absolute Gasteiger partial charge is 0.257 e. The fourth-order valence-electron chi connectivity index (χ4n) is 3.17. The summed E-state index contributed by atoms with van der Waals surface area (Å²) in [6.07, 6.45) is 0. The second-order valence-corrected chi connectivity index (χ2v) is 9.67. The van der Waals surface area contributed by atoms with E-state index in [2.05, 4.69) is 33.0 Å². The first-order chi connectivity index (χ1) is 12.9. The standard InChI is InChI=1S/C19H16IN3O3S/c1-12-6-2-5-9-17(12)23-18(14-10-27(25,26)11-16(14)22-23)21-19(24)13-7-3-4-8-15(13)20/h2-9H,10-11H2,1H3,(H,21,24). The summed E-state index contributed by atoms with van der Waals surface area (Å²) in [5.74, 6) is -0.0882. The lowest BCUT2D eigenvalue weighted by Crippen LogP contribution is -2.18. The lowest BCUT2D eigenvalue weighted by atomic mass is 10.2. The average Bonchev–Trinajstić information content (AvgIpc) is 3.08. The van der Waals surface area contributed by atoms with Crippen molar-refractivity contribution in [1.29, 1.82) is 0 Å². The number of carbonyl (C=O) groups is 1. The zero-order valence-electron chi connectivity index (χ0n) is 14.4. The summed E-state index contributed by atoms with van der Waals surface area (Å²) in [4.78, 5) is 12.9. The van der Waals surface area contributed by atoms with Crippen LogP contribution in [0.25, 0.3) is 5.69 Å². The third-order valence-corrected chi connectivity index (χ3v) is 6.86. The monoisotopic (exact) mass is 493 g/mol. The van der Waals surface area contributed by atoms with E-state index in [9.17, 15) is 13.2 Å². The molecule has 27 heavy (non-hydrogen) atoms. The van der Waals surface area contributed by atoms with Crippen molar-refractivity contribution in [3.05, 3.63) is 74.5 Å². The quantitative estimate of drug-likeness (QED) is 0.567. The minimum Gasteiger partial charge on any atom is -0.306 e. The number of halogens is 1. The van der Waals surface area contributed by atoms with Crippen LogP contribution in [-0.4, -0.2) is 24.1 Å². The van der Waals surface area contributed by atoms with Crippen molar-refractivity contribution >= 4 is 44.2 Å². The maximum absolute atomic E-state index is 12.9. The predicted molar refractivity (Wildman–Crippen MR) is 112 cm³/mol. The molecule has 0 spiro atoms. The number of fused-ring (bicyclic) bond motifs is 1. The number of hydrogen-bond donors (Lipinski definition) is 1. The normalized spacial score (nSPS) is 14.7. The number of nitrogens with one attached hydrogen (secondary N) is 1. The van der Waals surface area contributed by atoms with E-state index in [4.69, 9.17) is 0 Å². The van der Waals surface area contributed by atoms with Crippen LogP contribution < -0.4 is 5.32 Å². The molecule has 0 aliphatic carbocycles. The molecule has 1 aliphatic heterocycles. The molecule has 4 rings (SSSR count). The molecule has 0 fully saturated rings. The zero-order chi connectivity index (χ0) is 19.2. The largest absolute Gasteiger partial charge is 0.306 e. The summed E-state index contributed by atoms with van der Waals surface area (Å²) in [6, 6.07) is 14.9. The number of aryl methyl sites for hydroxylation is 1. The lowest BCUT2D eigenvalue weighted by Gasteiger charge is -2.13. The topological polar surface area (TPSA) is 81.1 Å². The van der Waals surface area contributed by atoms with E-state index in [1.807, 2.05) is 43.3 Å². The Hall–Kier alpha value is -2.20. The summed E-state index contributed by atoms with van der Waals surface area (Å²) in [6.45, 7) is 1.95. The Bertz CT molecular complexity index is 1170. The van der Waals surface area contributed by atoms with Crippen molar-refractivity contribution in [2.75, 3.05) is 5.32 Å². The SMILES string of the molecule is Cc1ccccc1-n1nc2c(c1NC(=O)c1ccccc1I)CS(=O)(=O)C2. The highest BCUT2D eigenvalue weighted by Gasteiger charge is 2.33. The molecular formula is C19H16IN3O3S. The highest BCUT2D eigenvalue weighted by atomic mass is 127. The first kappa shape index (κ1) is 18.2. The van der Waals surface area contributed by atoms with E-state index in [-0.39, 0.29) is 17.4 Å². The number of aromatic nitrogens is 2. The van der Waals surface area contributed by atoms with Gasteiger partial charge in [0.2, 0.25) is 0 Å². The minimum absolute atomic E-state index is 0.104. The highest BCUT2D eigenvalue weighted by molar-refractivity contribution is 14.1. The first-order valence-corrected chi connectivity index (χ1v) is 11.2. The van der Waals surface area contributed by atoms with Crippen LogP contribution in [0.4, 0.5) is 5.82 Å². The second kappa shape index (κ2) is 6.75. The summed E-state index contributed by atoms with van der Waals surface area (Å²) >= 11 is 2.11. The number of hydrogen-bond acceptors (Lipinski definition) is 4. The van der Waals surface area contributed by atoms with Gasteiger partial charge in [0.05, 0.1) is 28.5 Å². The Balaban J connectivity index is 1.83. The number of sulfone groups is 1. The summed E-state index contributed by atoms with van der Waals surface area (Å²) in [5.41, 5.74) is 3.38. The third kappa shape index (κ3) is 3.39. The van der Waals surface area contributed by atoms with Crippen LogP contribution in [0.2, 0.25) is 0 Å². The maximum Gasteiger partial charge on any atom is 0.257 e. The third-order valence-electron chi connectivity index (χ3n) is 4.48. The zero-order valence-corrected chi connectivity index (χ0v) is 17.4. The van der Waals surface area contributed by atoms with Crippen LogP contribution in [0, 0.1) is 10.5 Å². The number of anilines is 1. The molecule has 8 heteroatoms. The van der Waals surface area contributed by atoms with Crippen molar-refractivity contribution in [2.45, 2.75) is 18.4 Å². The molecular weight excluding hydrogens is 477 g/mol. The van der Waals surface area contributed by atoms with Gasteiger partial charge in [-0.2, -0.15) is 5.10 Å². The van der Waals surface area contributed by atoms with E-state index >= 15 is 0 Å². The van der Waals surface area contributed by atoms with Gasteiger partial charge in [-0.1, -0.05) is 30.3 Å². The van der Waals surface area contributed by atoms with Gasteiger partial charge >= 0.3 is 0 Å². The Kier molecular flexibility index (Phi) is 4.55. The minimum atomic E-state index is -3.23. The van der Waals surface area contributed by atoms with E-state index < -0.39 is 9.84 Å². The van der Waals surface area contributed by atoms with Crippen LogP contribution in [-0.2, 0) is 21.3 Å². The van der Waals surface area contributed by atoms with Crippen LogP contribution in [0.5, 0.6) is 0 Å². The fraction of sp³-hybridized carbons (Fsp3) is 0.158. The van der Waals surface area contributed by atoms with Gasteiger partial charge in [-0.25, -0.2) is 13.1 Å². The lowest BCUT2D eigenvalue weighted by molar-refractivity contribution is 0.102. The number of benzene rings is 2. The molecule has 0 saturated carbocycles. The predicted octanol–water partition coefficient (Wildman–Crippen LogP) is 3.47.